The van der Waals surface area contributed by atoms with Crippen LogP contribution in [0.1, 0.15) is 11.1 Å². The third-order valence-corrected chi connectivity index (χ3v) is 4.11. The van der Waals surface area contributed by atoms with Crippen LogP contribution in [0.3, 0.4) is 0 Å². The first-order chi connectivity index (χ1) is 11.9. The van der Waals surface area contributed by atoms with Gasteiger partial charge in [-0.25, -0.2) is 13.8 Å². The minimum Gasteiger partial charge on any atom is -0.383 e. The average Bonchev–Trinajstić information content (AvgIpc) is 2.58. The number of anilines is 1. The first kappa shape index (κ1) is 16.9. The first-order valence-electron chi connectivity index (χ1n) is 7.34. The molecule has 2 aromatic carbocycles. The molecule has 0 saturated carbocycles. The molecule has 0 aliphatic heterocycles. The fourth-order valence-corrected chi connectivity index (χ4v) is 2.94. The maximum atomic E-state index is 14.3. The molecule has 25 heavy (non-hydrogen) atoms. The van der Waals surface area contributed by atoms with Gasteiger partial charge in [-0.05, 0) is 42.8 Å². The molecule has 0 saturated heterocycles. The summed E-state index contributed by atoms with van der Waals surface area (Å²) in [6.07, 6.45) is 0. The standard InChI is InChI=1S/C19H12ClF2N3/c1-10-17(14-8-13(21)5-6-16(14)22)15(9-23)19(24)25-18(10)11-3-2-4-12(20)7-11/h2-8H,1H3,(H2,24,25). The Labute approximate surface area is 148 Å². The largest absolute Gasteiger partial charge is 0.383 e. The first-order valence-corrected chi connectivity index (χ1v) is 7.71. The van der Waals surface area contributed by atoms with Gasteiger partial charge in [0.2, 0.25) is 0 Å². The second kappa shape index (κ2) is 6.50. The Kier molecular flexibility index (Phi) is 4.39. The summed E-state index contributed by atoms with van der Waals surface area (Å²) >= 11 is 6.03. The minimum atomic E-state index is -0.649. The molecule has 1 heterocycles. The third kappa shape index (κ3) is 3.04. The second-order valence-corrected chi connectivity index (χ2v) is 5.90. The Bertz CT molecular complexity index is 1030. The number of hydrogen-bond donors (Lipinski definition) is 1. The summed E-state index contributed by atoms with van der Waals surface area (Å²) in [6, 6.07) is 11.9. The number of benzene rings is 2. The third-order valence-electron chi connectivity index (χ3n) is 3.88. The van der Waals surface area contributed by atoms with E-state index < -0.39 is 11.6 Å². The van der Waals surface area contributed by atoms with Crippen molar-refractivity contribution in [2.24, 2.45) is 0 Å². The summed E-state index contributed by atoms with van der Waals surface area (Å²) < 4.78 is 28.0. The molecule has 3 rings (SSSR count). The molecule has 0 fully saturated rings. The number of nitrogen functional groups attached to an aromatic ring is 1. The summed E-state index contributed by atoms with van der Waals surface area (Å²) in [5.74, 6) is -1.32. The van der Waals surface area contributed by atoms with E-state index in [2.05, 4.69) is 4.98 Å². The van der Waals surface area contributed by atoms with Crippen LogP contribution in [0.15, 0.2) is 42.5 Å². The SMILES string of the molecule is Cc1c(-c2cccc(Cl)c2)nc(N)c(C#N)c1-c1cc(F)ccc1F. The van der Waals surface area contributed by atoms with Gasteiger partial charge in [-0.2, -0.15) is 5.26 Å². The highest BCUT2D eigenvalue weighted by molar-refractivity contribution is 6.30. The Morgan fingerprint density at radius 1 is 1.16 bits per heavy atom. The quantitative estimate of drug-likeness (QED) is 0.694. The number of halogens is 3. The molecule has 0 atom stereocenters. The molecule has 3 aromatic rings. The molecule has 0 aliphatic rings. The van der Waals surface area contributed by atoms with E-state index in [-0.39, 0.29) is 22.5 Å². The zero-order valence-electron chi connectivity index (χ0n) is 13.1. The summed E-state index contributed by atoms with van der Waals surface area (Å²) in [6.45, 7) is 1.68. The van der Waals surface area contributed by atoms with Crippen molar-refractivity contribution in [1.29, 1.82) is 5.26 Å². The van der Waals surface area contributed by atoms with Crippen LogP contribution >= 0.6 is 11.6 Å². The van der Waals surface area contributed by atoms with Crippen molar-refractivity contribution in [3.05, 3.63) is 70.2 Å². The molecule has 3 nitrogen and oxygen atoms in total. The predicted molar refractivity (Wildman–Crippen MR) is 93.9 cm³/mol. The van der Waals surface area contributed by atoms with E-state index >= 15 is 0 Å². The number of hydrogen-bond acceptors (Lipinski definition) is 3. The number of nitrogens with zero attached hydrogens (tertiary/aromatic N) is 2. The predicted octanol–water partition coefficient (Wildman–Crippen LogP) is 5.11. The lowest BCUT2D eigenvalue weighted by Gasteiger charge is -2.15. The van der Waals surface area contributed by atoms with Gasteiger partial charge in [-0.3, -0.25) is 0 Å². The van der Waals surface area contributed by atoms with Gasteiger partial charge < -0.3 is 5.73 Å². The number of pyridine rings is 1. The Balaban J connectivity index is 2.38. The smallest absolute Gasteiger partial charge is 0.142 e. The molecular formula is C19H12ClF2N3. The molecule has 0 bridgehead atoms. The van der Waals surface area contributed by atoms with Crippen LogP contribution in [-0.2, 0) is 0 Å². The van der Waals surface area contributed by atoms with Gasteiger partial charge in [0.05, 0.1) is 5.69 Å². The molecular weight excluding hydrogens is 344 g/mol. The van der Waals surface area contributed by atoms with Crippen LogP contribution in [-0.4, -0.2) is 4.98 Å². The number of aromatic nitrogens is 1. The fourth-order valence-electron chi connectivity index (χ4n) is 2.75. The van der Waals surface area contributed by atoms with E-state index in [4.69, 9.17) is 17.3 Å². The zero-order chi connectivity index (χ0) is 18.1. The minimum absolute atomic E-state index is 0.00720. The Morgan fingerprint density at radius 2 is 1.92 bits per heavy atom. The fraction of sp³-hybridized carbons (Fsp3) is 0.0526. The molecule has 1 aromatic heterocycles. The second-order valence-electron chi connectivity index (χ2n) is 5.47. The molecule has 2 N–H and O–H groups in total. The molecule has 6 heteroatoms. The molecule has 0 spiro atoms. The van der Waals surface area contributed by atoms with Crippen LogP contribution in [0.4, 0.5) is 14.6 Å². The topological polar surface area (TPSA) is 62.7 Å². The van der Waals surface area contributed by atoms with Crippen molar-refractivity contribution in [2.75, 3.05) is 5.73 Å². The van der Waals surface area contributed by atoms with E-state index in [1.165, 1.54) is 0 Å². The maximum absolute atomic E-state index is 14.3. The van der Waals surface area contributed by atoms with Crippen molar-refractivity contribution in [1.82, 2.24) is 4.98 Å². The monoisotopic (exact) mass is 355 g/mol. The van der Waals surface area contributed by atoms with E-state index in [1.54, 1.807) is 31.2 Å². The van der Waals surface area contributed by atoms with E-state index in [0.717, 1.165) is 18.2 Å². The molecule has 0 aliphatic carbocycles. The van der Waals surface area contributed by atoms with Gasteiger partial charge in [0.15, 0.2) is 0 Å². The van der Waals surface area contributed by atoms with E-state index in [0.29, 0.717) is 21.8 Å². The van der Waals surface area contributed by atoms with Gasteiger partial charge in [0.1, 0.15) is 29.1 Å². The summed E-state index contributed by atoms with van der Waals surface area (Å²) in [4.78, 5) is 4.27. The van der Waals surface area contributed by atoms with Crippen LogP contribution in [0.2, 0.25) is 5.02 Å². The van der Waals surface area contributed by atoms with Gasteiger partial charge in [-0.15, -0.1) is 0 Å². The summed E-state index contributed by atoms with van der Waals surface area (Å²) in [7, 11) is 0. The zero-order valence-corrected chi connectivity index (χ0v) is 13.9. The Hall–Kier alpha value is -2.97. The number of rotatable bonds is 2. The van der Waals surface area contributed by atoms with Gasteiger partial charge >= 0.3 is 0 Å². The van der Waals surface area contributed by atoms with Crippen molar-refractivity contribution in [2.45, 2.75) is 6.92 Å². The summed E-state index contributed by atoms with van der Waals surface area (Å²) in [5, 5.41) is 9.94. The van der Waals surface area contributed by atoms with Gasteiger partial charge in [0.25, 0.3) is 0 Å². The molecule has 0 amide bonds. The highest BCUT2D eigenvalue weighted by atomic mass is 35.5. The van der Waals surface area contributed by atoms with E-state index in [9.17, 15) is 14.0 Å². The summed E-state index contributed by atoms with van der Waals surface area (Å²) in [5.41, 5.74) is 7.75. The number of nitrogens with two attached hydrogens (primary N) is 1. The van der Waals surface area contributed by atoms with Crippen LogP contribution < -0.4 is 5.73 Å². The lowest BCUT2D eigenvalue weighted by molar-refractivity contribution is 0.603. The van der Waals surface area contributed by atoms with Crippen molar-refractivity contribution >= 4 is 17.4 Å². The Morgan fingerprint density at radius 3 is 2.60 bits per heavy atom. The van der Waals surface area contributed by atoms with Crippen LogP contribution in [0.25, 0.3) is 22.4 Å². The van der Waals surface area contributed by atoms with Gasteiger partial charge in [-0.1, -0.05) is 23.7 Å². The number of nitriles is 1. The maximum Gasteiger partial charge on any atom is 0.142 e. The van der Waals surface area contributed by atoms with Crippen LogP contribution in [0, 0.1) is 29.9 Å². The highest BCUT2D eigenvalue weighted by Crippen LogP contribution is 2.37. The lowest BCUT2D eigenvalue weighted by Crippen LogP contribution is -2.04. The normalized spacial score (nSPS) is 10.5. The van der Waals surface area contributed by atoms with Crippen LogP contribution in [0.5, 0.6) is 0 Å². The van der Waals surface area contributed by atoms with Crippen molar-refractivity contribution in [3.63, 3.8) is 0 Å². The van der Waals surface area contributed by atoms with Crippen molar-refractivity contribution < 1.29 is 8.78 Å². The van der Waals surface area contributed by atoms with E-state index in [1.807, 2.05) is 6.07 Å². The molecule has 0 radical (unpaired) electrons. The highest BCUT2D eigenvalue weighted by Gasteiger charge is 2.21. The lowest BCUT2D eigenvalue weighted by atomic mass is 9.92. The molecule has 0 unspecified atom stereocenters. The average molecular weight is 356 g/mol. The molecule has 124 valence electrons. The van der Waals surface area contributed by atoms with Gasteiger partial charge in [0, 0.05) is 21.7 Å². The van der Waals surface area contributed by atoms with Crippen molar-refractivity contribution in [3.8, 4) is 28.5 Å².